The zero-order valence-corrected chi connectivity index (χ0v) is 17.3. The number of anilines is 2. The normalized spacial score (nSPS) is 12.2. The molecule has 0 saturated heterocycles. The number of hydrogen-bond donors (Lipinski definition) is 1. The lowest BCUT2D eigenvalue weighted by molar-refractivity contribution is -0.116. The summed E-state index contributed by atoms with van der Waals surface area (Å²) >= 11 is 6.04. The van der Waals surface area contributed by atoms with Gasteiger partial charge in [-0.2, -0.15) is 0 Å². The second-order valence-corrected chi connectivity index (χ2v) is 8.13. The van der Waals surface area contributed by atoms with Gasteiger partial charge in [-0.25, -0.2) is 12.8 Å². The standard InChI is InChI=1S/C18H20ClFN2O5S/c1-11(22(28(4,24)25)15-8-6-5-7-13(15)20)18(23)21-14-10-16(26-2)12(19)9-17(14)27-3/h5-11H,1-4H3,(H,21,23)/t11-/m1/s1. The molecule has 28 heavy (non-hydrogen) atoms. The number of hydrogen-bond acceptors (Lipinski definition) is 5. The van der Waals surface area contributed by atoms with E-state index in [0.717, 1.165) is 16.6 Å². The number of nitrogens with zero attached hydrogens (tertiary/aromatic N) is 1. The van der Waals surface area contributed by atoms with Gasteiger partial charge < -0.3 is 14.8 Å². The minimum absolute atomic E-state index is 0.225. The third-order valence-electron chi connectivity index (χ3n) is 3.91. The summed E-state index contributed by atoms with van der Waals surface area (Å²) < 4.78 is 49.8. The van der Waals surface area contributed by atoms with Gasteiger partial charge in [-0.1, -0.05) is 23.7 Å². The molecule has 0 radical (unpaired) electrons. The first-order chi connectivity index (χ1) is 13.1. The molecule has 10 heteroatoms. The van der Waals surface area contributed by atoms with Gasteiger partial charge in [-0.3, -0.25) is 9.10 Å². The van der Waals surface area contributed by atoms with Crippen molar-refractivity contribution >= 4 is 38.9 Å². The summed E-state index contributed by atoms with van der Waals surface area (Å²) in [4.78, 5) is 12.8. The molecule has 1 amide bonds. The monoisotopic (exact) mass is 430 g/mol. The molecule has 152 valence electrons. The van der Waals surface area contributed by atoms with E-state index in [1.165, 1.54) is 51.5 Å². The summed E-state index contributed by atoms with van der Waals surface area (Å²) in [6, 6.07) is 6.95. The molecule has 0 spiro atoms. The van der Waals surface area contributed by atoms with Gasteiger partial charge in [0.1, 0.15) is 23.4 Å². The largest absolute Gasteiger partial charge is 0.495 e. The van der Waals surface area contributed by atoms with Gasteiger partial charge in [-0.05, 0) is 19.1 Å². The van der Waals surface area contributed by atoms with Crippen LogP contribution in [0.25, 0.3) is 0 Å². The van der Waals surface area contributed by atoms with Crippen LogP contribution in [0.5, 0.6) is 11.5 Å². The van der Waals surface area contributed by atoms with Gasteiger partial charge in [0.25, 0.3) is 0 Å². The van der Waals surface area contributed by atoms with E-state index < -0.39 is 27.8 Å². The molecule has 0 bridgehead atoms. The maximum Gasteiger partial charge on any atom is 0.248 e. The van der Waals surface area contributed by atoms with Gasteiger partial charge in [0.2, 0.25) is 15.9 Å². The molecule has 0 aliphatic rings. The number of rotatable bonds is 7. The fourth-order valence-corrected chi connectivity index (χ4v) is 4.01. The van der Waals surface area contributed by atoms with Crippen LogP contribution < -0.4 is 19.1 Å². The number of sulfonamides is 1. The van der Waals surface area contributed by atoms with E-state index in [4.69, 9.17) is 21.1 Å². The molecule has 0 heterocycles. The molecule has 0 saturated carbocycles. The molecule has 1 atom stereocenters. The van der Waals surface area contributed by atoms with E-state index in [9.17, 15) is 17.6 Å². The van der Waals surface area contributed by atoms with E-state index in [2.05, 4.69) is 5.32 Å². The predicted octanol–water partition coefficient (Wildman–Crippen LogP) is 3.29. The van der Waals surface area contributed by atoms with Crippen LogP contribution in [0.3, 0.4) is 0 Å². The Kier molecular flexibility index (Phi) is 6.73. The summed E-state index contributed by atoms with van der Waals surface area (Å²) in [5, 5.41) is 2.85. The molecule has 2 aromatic carbocycles. The van der Waals surface area contributed by atoms with E-state index in [1.54, 1.807) is 0 Å². The van der Waals surface area contributed by atoms with E-state index in [-0.39, 0.29) is 22.1 Å². The predicted molar refractivity (Wildman–Crippen MR) is 106 cm³/mol. The van der Waals surface area contributed by atoms with Gasteiger partial charge in [0.15, 0.2) is 0 Å². The second-order valence-electron chi connectivity index (χ2n) is 5.86. The Hall–Kier alpha value is -2.52. The SMILES string of the molecule is COc1cc(NC(=O)[C@@H](C)N(c2ccccc2F)S(C)(=O)=O)c(OC)cc1Cl. The number of amides is 1. The van der Waals surface area contributed by atoms with Crippen LogP contribution in [0, 0.1) is 5.82 Å². The van der Waals surface area contributed by atoms with Crippen LogP contribution in [0.1, 0.15) is 6.92 Å². The highest BCUT2D eigenvalue weighted by molar-refractivity contribution is 7.92. The van der Waals surface area contributed by atoms with Gasteiger partial charge >= 0.3 is 0 Å². The molecular weight excluding hydrogens is 411 g/mol. The summed E-state index contributed by atoms with van der Waals surface area (Å²) in [7, 11) is -1.16. The molecule has 0 aliphatic heterocycles. The summed E-state index contributed by atoms with van der Waals surface area (Å²) in [6.07, 6.45) is 0.898. The average Bonchev–Trinajstić information content (AvgIpc) is 2.63. The molecule has 7 nitrogen and oxygen atoms in total. The minimum Gasteiger partial charge on any atom is -0.495 e. The van der Waals surface area contributed by atoms with Crippen LogP contribution in [-0.4, -0.2) is 40.8 Å². The smallest absolute Gasteiger partial charge is 0.248 e. The molecule has 0 unspecified atom stereocenters. The molecule has 0 aliphatic carbocycles. The van der Waals surface area contributed by atoms with Crippen molar-refractivity contribution in [2.75, 3.05) is 30.1 Å². The van der Waals surface area contributed by atoms with Crippen molar-refractivity contribution in [1.82, 2.24) is 0 Å². The van der Waals surface area contributed by atoms with Crippen molar-refractivity contribution in [2.45, 2.75) is 13.0 Å². The van der Waals surface area contributed by atoms with Crippen molar-refractivity contribution in [3.05, 3.63) is 47.2 Å². The number of carbonyl (C=O) groups is 1. The highest BCUT2D eigenvalue weighted by Crippen LogP contribution is 2.36. The first-order valence-corrected chi connectivity index (χ1v) is 10.3. The Bertz CT molecular complexity index is 984. The zero-order chi connectivity index (χ0) is 21.1. The number of ether oxygens (including phenoxy) is 2. The Morgan fingerprint density at radius 1 is 1.18 bits per heavy atom. The second kappa shape index (κ2) is 8.66. The van der Waals surface area contributed by atoms with Crippen LogP contribution in [0.4, 0.5) is 15.8 Å². The van der Waals surface area contributed by atoms with Gasteiger partial charge in [0.05, 0.1) is 36.9 Å². The lowest BCUT2D eigenvalue weighted by atomic mass is 10.2. The average molecular weight is 431 g/mol. The number of nitrogens with one attached hydrogen (secondary N) is 1. The summed E-state index contributed by atoms with van der Waals surface area (Å²) in [5.41, 5.74) is -0.00381. The molecule has 2 rings (SSSR count). The van der Waals surface area contributed by atoms with Gasteiger partial charge in [0, 0.05) is 12.1 Å². The van der Waals surface area contributed by atoms with Crippen LogP contribution in [0.2, 0.25) is 5.02 Å². The fraction of sp³-hybridized carbons (Fsp3) is 0.278. The van der Waals surface area contributed by atoms with Gasteiger partial charge in [-0.15, -0.1) is 0 Å². The Balaban J connectivity index is 2.41. The highest BCUT2D eigenvalue weighted by Gasteiger charge is 2.31. The number of para-hydroxylation sites is 1. The first kappa shape index (κ1) is 21.8. The van der Waals surface area contributed by atoms with E-state index in [0.29, 0.717) is 5.75 Å². The summed E-state index contributed by atoms with van der Waals surface area (Å²) in [6.45, 7) is 1.35. The summed E-state index contributed by atoms with van der Waals surface area (Å²) in [5.74, 6) is -0.919. The molecular formula is C18H20ClFN2O5S. The number of carbonyl (C=O) groups excluding carboxylic acids is 1. The molecule has 2 aromatic rings. The Morgan fingerprint density at radius 2 is 1.79 bits per heavy atom. The quantitative estimate of drug-likeness (QED) is 0.728. The minimum atomic E-state index is -3.96. The van der Waals surface area contributed by atoms with E-state index in [1.807, 2.05) is 0 Å². The number of methoxy groups -OCH3 is 2. The van der Waals surface area contributed by atoms with Crippen molar-refractivity contribution in [3.63, 3.8) is 0 Å². The van der Waals surface area contributed by atoms with Crippen molar-refractivity contribution in [3.8, 4) is 11.5 Å². The first-order valence-electron chi connectivity index (χ1n) is 8.06. The Morgan fingerprint density at radius 3 is 2.32 bits per heavy atom. The maximum atomic E-state index is 14.2. The van der Waals surface area contributed by atoms with E-state index >= 15 is 0 Å². The number of benzene rings is 2. The Labute approximate surface area is 168 Å². The molecule has 0 aromatic heterocycles. The molecule has 0 fully saturated rings. The number of halogens is 2. The molecule has 1 N–H and O–H groups in total. The van der Waals surface area contributed by atoms with Crippen LogP contribution >= 0.6 is 11.6 Å². The fourth-order valence-electron chi connectivity index (χ4n) is 2.61. The van der Waals surface area contributed by atoms with Crippen molar-refractivity contribution in [1.29, 1.82) is 0 Å². The maximum absolute atomic E-state index is 14.2. The topological polar surface area (TPSA) is 84.9 Å². The highest BCUT2D eigenvalue weighted by atomic mass is 35.5. The lowest BCUT2D eigenvalue weighted by Crippen LogP contribution is -2.45. The van der Waals surface area contributed by atoms with Crippen molar-refractivity contribution < 1.29 is 27.1 Å². The third-order valence-corrected chi connectivity index (χ3v) is 5.43. The third kappa shape index (κ3) is 4.66. The van der Waals surface area contributed by atoms with Crippen molar-refractivity contribution in [2.24, 2.45) is 0 Å². The van der Waals surface area contributed by atoms with Crippen LogP contribution in [0.15, 0.2) is 36.4 Å². The lowest BCUT2D eigenvalue weighted by Gasteiger charge is -2.28. The zero-order valence-electron chi connectivity index (χ0n) is 15.7. The van der Waals surface area contributed by atoms with Crippen LogP contribution in [-0.2, 0) is 14.8 Å².